The Hall–Kier alpha value is -3.23. The average molecular weight is 386 g/mol. The van der Waals surface area contributed by atoms with E-state index in [1.54, 1.807) is 24.0 Å². The largest absolute Gasteiger partial charge is 0.466 e. The summed E-state index contributed by atoms with van der Waals surface area (Å²) in [5.41, 5.74) is 0.771. The van der Waals surface area contributed by atoms with Gasteiger partial charge in [-0.1, -0.05) is 17.7 Å². The Bertz CT molecular complexity index is 848. The van der Waals surface area contributed by atoms with Crippen LogP contribution in [0.4, 0.5) is 11.5 Å². The maximum atomic E-state index is 11.9. The molecule has 9 nitrogen and oxygen atoms in total. The second-order valence-electron chi connectivity index (χ2n) is 6.54. The Labute approximate surface area is 162 Å². The van der Waals surface area contributed by atoms with Crippen molar-refractivity contribution in [1.29, 1.82) is 0 Å². The van der Waals surface area contributed by atoms with Crippen molar-refractivity contribution in [3.8, 4) is 11.6 Å². The maximum absolute atomic E-state index is 11.9. The van der Waals surface area contributed by atoms with E-state index in [1.165, 1.54) is 6.33 Å². The summed E-state index contributed by atoms with van der Waals surface area (Å²) in [6.45, 7) is 4.98. The molecule has 1 aliphatic rings. The number of hydrogen-bond acceptors (Lipinski definition) is 8. The number of aromatic nitrogens is 2. The van der Waals surface area contributed by atoms with Gasteiger partial charge in [0.05, 0.1) is 17.4 Å². The smallest absolute Gasteiger partial charge is 0.373 e. The van der Waals surface area contributed by atoms with Crippen molar-refractivity contribution >= 4 is 17.5 Å². The summed E-state index contributed by atoms with van der Waals surface area (Å²) in [4.78, 5) is 33.0. The van der Waals surface area contributed by atoms with Crippen molar-refractivity contribution < 1.29 is 19.2 Å². The lowest BCUT2D eigenvalue weighted by Gasteiger charge is -2.31. The number of carbonyl (C=O) groups is 1. The van der Waals surface area contributed by atoms with Gasteiger partial charge in [-0.3, -0.25) is 14.9 Å². The summed E-state index contributed by atoms with van der Waals surface area (Å²) in [5.74, 6) is 0.137. The van der Waals surface area contributed by atoms with E-state index in [-0.39, 0.29) is 29.3 Å². The molecule has 0 radical (unpaired) electrons. The molecule has 0 saturated carbocycles. The summed E-state index contributed by atoms with van der Waals surface area (Å²) in [6.07, 6.45) is 2.35. The topological polar surface area (TPSA) is 108 Å². The van der Waals surface area contributed by atoms with Gasteiger partial charge in [0.1, 0.15) is 12.1 Å². The molecule has 9 heteroatoms. The Balaban J connectivity index is 1.81. The van der Waals surface area contributed by atoms with Crippen molar-refractivity contribution in [2.75, 3.05) is 24.6 Å². The fourth-order valence-electron chi connectivity index (χ4n) is 3.12. The van der Waals surface area contributed by atoms with E-state index >= 15 is 0 Å². The SMILES string of the molecule is CCOC(=O)C1CCN(c2ncnc(Oc3ccc(C)cc3)c2[N+](=O)[O-])CC1. The zero-order valence-corrected chi connectivity index (χ0v) is 15.8. The number of nitro groups is 1. The van der Waals surface area contributed by atoms with Crippen LogP contribution in [0.3, 0.4) is 0 Å². The second kappa shape index (κ2) is 8.64. The zero-order valence-electron chi connectivity index (χ0n) is 15.8. The van der Waals surface area contributed by atoms with Crippen LogP contribution in [-0.2, 0) is 9.53 Å². The van der Waals surface area contributed by atoms with E-state index in [0.29, 0.717) is 38.3 Å². The first-order chi connectivity index (χ1) is 13.5. The summed E-state index contributed by atoms with van der Waals surface area (Å²) in [5, 5.41) is 11.7. The lowest BCUT2D eigenvalue weighted by Crippen LogP contribution is -2.37. The van der Waals surface area contributed by atoms with Gasteiger partial charge in [-0.15, -0.1) is 0 Å². The number of piperidine rings is 1. The van der Waals surface area contributed by atoms with Crippen molar-refractivity contribution in [1.82, 2.24) is 9.97 Å². The fraction of sp³-hybridized carbons (Fsp3) is 0.421. The number of hydrogen-bond donors (Lipinski definition) is 0. The van der Waals surface area contributed by atoms with Gasteiger partial charge in [-0.25, -0.2) is 4.98 Å². The number of anilines is 1. The number of nitrogens with zero attached hydrogens (tertiary/aromatic N) is 4. The molecule has 0 atom stereocenters. The highest BCUT2D eigenvalue weighted by Gasteiger charge is 2.33. The lowest BCUT2D eigenvalue weighted by molar-refractivity contribution is -0.385. The predicted octanol–water partition coefficient (Wildman–Crippen LogP) is 3.27. The number of carbonyl (C=O) groups excluding carboxylic acids is 1. The van der Waals surface area contributed by atoms with Crippen molar-refractivity contribution in [3.63, 3.8) is 0 Å². The molecule has 0 amide bonds. The number of aryl methyl sites for hydroxylation is 1. The van der Waals surface area contributed by atoms with Crippen molar-refractivity contribution in [3.05, 3.63) is 46.3 Å². The molecule has 28 heavy (non-hydrogen) atoms. The molecule has 0 spiro atoms. The first-order valence-electron chi connectivity index (χ1n) is 9.15. The van der Waals surface area contributed by atoms with Gasteiger partial charge in [0.2, 0.25) is 5.82 Å². The van der Waals surface area contributed by atoms with Gasteiger partial charge in [0.15, 0.2) is 0 Å². The molecule has 2 heterocycles. The fourth-order valence-corrected chi connectivity index (χ4v) is 3.12. The molecular weight excluding hydrogens is 364 g/mol. The molecule has 0 aliphatic carbocycles. The number of ether oxygens (including phenoxy) is 2. The highest BCUT2D eigenvalue weighted by Crippen LogP contribution is 2.37. The molecule has 1 aromatic heterocycles. The third kappa shape index (κ3) is 4.36. The number of rotatable bonds is 6. The number of benzene rings is 1. The monoisotopic (exact) mass is 386 g/mol. The zero-order chi connectivity index (χ0) is 20.1. The quantitative estimate of drug-likeness (QED) is 0.423. The number of esters is 1. The molecule has 1 aliphatic heterocycles. The Morgan fingerprint density at radius 1 is 1.25 bits per heavy atom. The van der Waals surface area contributed by atoms with E-state index in [9.17, 15) is 14.9 Å². The Kier molecular flexibility index (Phi) is 6.03. The molecule has 0 bridgehead atoms. The van der Waals surface area contributed by atoms with Crippen LogP contribution in [0.15, 0.2) is 30.6 Å². The standard InChI is InChI=1S/C19H22N4O5/c1-3-27-19(24)14-8-10-22(11-9-14)17-16(23(25)26)18(21-12-20-17)28-15-6-4-13(2)5-7-15/h4-7,12,14H,3,8-11H2,1-2H3. The first-order valence-corrected chi connectivity index (χ1v) is 9.15. The van der Waals surface area contributed by atoms with E-state index in [4.69, 9.17) is 9.47 Å². The molecule has 1 aromatic carbocycles. The summed E-state index contributed by atoms with van der Waals surface area (Å²) in [6, 6.07) is 7.16. The van der Waals surface area contributed by atoms with E-state index in [2.05, 4.69) is 9.97 Å². The predicted molar refractivity (Wildman–Crippen MR) is 102 cm³/mol. The van der Waals surface area contributed by atoms with Gasteiger partial charge in [0, 0.05) is 13.1 Å². The highest BCUT2D eigenvalue weighted by atomic mass is 16.6. The van der Waals surface area contributed by atoms with Crippen molar-refractivity contribution in [2.45, 2.75) is 26.7 Å². The van der Waals surface area contributed by atoms with E-state index < -0.39 is 4.92 Å². The van der Waals surface area contributed by atoms with Gasteiger partial charge in [-0.2, -0.15) is 4.98 Å². The first kappa shape index (κ1) is 19.5. The minimum Gasteiger partial charge on any atom is -0.466 e. The van der Waals surface area contributed by atoms with Crippen LogP contribution >= 0.6 is 0 Å². The summed E-state index contributed by atoms with van der Waals surface area (Å²) < 4.78 is 10.7. The van der Waals surface area contributed by atoms with Crippen LogP contribution in [0.1, 0.15) is 25.3 Å². The Morgan fingerprint density at radius 3 is 2.54 bits per heavy atom. The van der Waals surface area contributed by atoms with Gasteiger partial charge >= 0.3 is 17.5 Å². The van der Waals surface area contributed by atoms with Crippen LogP contribution < -0.4 is 9.64 Å². The van der Waals surface area contributed by atoms with Gasteiger partial charge < -0.3 is 14.4 Å². The van der Waals surface area contributed by atoms with Crippen LogP contribution in [0.5, 0.6) is 11.6 Å². The average Bonchev–Trinajstić information content (AvgIpc) is 2.69. The van der Waals surface area contributed by atoms with E-state index in [0.717, 1.165) is 5.56 Å². The Morgan fingerprint density at radius 2 is 1.93 bits per heavy atom. The van der Waals surface area contributed by atoms with Crippen molar-refractivity contribution in [2.24, 2.45) is 5.92 Å². The minimum atomic E-state index is -0.531. The highest BCUT2D eigenvalue weighted by molar-refractivity contribution is 5.73. The molecule has 1 fully saturated rings. The molecule has 2 aromatic rings. The van der Waals surface area contributed by atoms with Crippen LogP contribution in [-0.4, -0.2) is 40.6 Å². The molecule has 0 unspecified atom stereocenters. The summed E-state index contributed by atoms with van der Waals surface area (Å²) >= 11 is 0. The second-order valence-corrected chi connectivity index (χ2v) is 6.54. The van der Waals surface area contributed by atoms with Crippen LogP contribution in [0, 0.1) is 23.0 Å². The molecule has 3 rings (SSSR count). The lowest BCUT2D eigenvalue weighted by atomic mass is 9.97. The third-order valence-electron chi connectivity index (χ3n) is 4.60. The molecule has 0 N–H and O–H groups in total. The third-order valence-corrected chi connectivity index (χ3v) is 4.60. The van der Waals surface area contributed by atoms with Crippen LogP contribution in [0.2, 0.25) is 0 Å². The molecule has 1 saturated heterocycles. The van der Waals surface area contributed by atoms with E-state index in [1.807, 2.05) is 19.1 Å². The molecular formula is C19H22N4O5. The van der Waals surface area contributed by atoms with Gasteiger partial charge in [0.25, 0.3) is 0 Å². The summed E-state index contributed by atoms with van der Waals surface area (Å²) in [7, 11) is 0. The normalized spacial score (nSPS) is 14.6. The maximum Gasteiger partial charge on any atom is 0.373 e. The molecule has 148 valence electrons. The van der Waals surface area contributed by atoms with Gasteiger partial charge in [-0.05, 0) is 38.8 Å². The minimum absolute atomic E-state index is 0.105. The van der Waals surface area contributed by atoms with Crippen LogP contribution in [0.25, 0.3) is 0 Å².